The quantitative estimate of drug-likeness (QED) is 0.114. The topological polar surface area (TPSA) is 15.7 Å². The normalized spacial score (nSPS) is 13.1. The molecule has 0 saturated heterocycles. The molecule has 66 heavy (non-hydrogen) atoms. The molecule has 0 spiro atoms. The highest BCUT2D eigenvalue weighted by Gasteiger charge is 2.23. The molecule has 0 bridgehead atoms. The zero-order valence-corrected chi connectivity index (χ0v) is 37.8. The second-order valence-electron chi connectivity index (χ2n) is 16.4. The van der Waals surface area contributed by atoms with Crippen molar-refractivity contribution in [2.45, 2.75) is 19.3 Å². The zero-order valence-electron chi connectivity index (χ0n) is 36.3. The summed E-state index contributed by atoms with van der Waals surface area (Å²) in [7, 11) is 0. The van der Waals surface area contributed by atoms with E-state index in [4.69, 9.17) is 27.9 Å². The number of nitrogens with zero attached hydrogens (tertiary/aromatic N) is 2. The number of allylic oxidation sites excluding steroid dienone is 5. The summed E-state index contributed by atoms with van der Waals surface area (Å²) in [6, 6.07) is 65.1. The van der Waals surface area contributed by atoms with E-state index in [1.807, 2.05) is 42.5 Å². The monoisotopic (exact) mass is 892 g/mol. The van der Waals surface area contributed by atoms with Gasteiger partial charge in [0.25, 0.3) is 0 Å². The molecular weight excluding hydrogens is 848 g/mol. The van der Waals surface area contributed by atoms with E-state index in [1.165, 1.54) is 11.1 Å². The Morgan fingerprint density at radius 2 is 0.879 bits per heavy atom. The Morgan fingerprint density at radius 3 is 1.38 bits per heavy atom. The standard InChI is InChI=1S/C61H46Cl2N2O/c62-52-17-9-19-56(42-52)64(54-31-25-46(26-32-54)22-21-44-11-3-1-4-12-44)58-35-37-60-50(40-58)39-51-41-59(36-38-61(51)66-60)65(57-20-10-18-53(63)43-57)55-33-27-47(28-34-55)24-30-49-16-8-7-15-48(49)29-23-45-13-5-2-6-14-45/h1-3,5-11,13-38,40-43H,4,12,39H2/b22-21+,29-23+,30-24+. The predicted molar refractivity (Wildman–Crippen MR) is 281 cm³/mol. The molecule has 0 atom stereocenters. The average molecular weight is 894 g/mol. The van der Waals surface area contributed by atoms with Crippen molar-refractivity contribution in [1.82, 2.24) is 0 Å². The third-order valence-electron chi connectivity index (χ3n) is 11.9. The number of fused-ring (bicyclic) bond motifs is 2. The molecule has 0 fully saturated rings. The Morgan fingerprint density at radius 1 is 0.409 bits per heavy atom. The van der Waals surface area contributed by atoms with E-state index in [0.29, 0.717) is 16.5 Å². The van der Waals surface area contributed by atoms with Crippen LogP contribution in [-0.2, 0) is 6.42 Å². The van der Waals surface area contributed by atoms with Gasteiger partial charge in [-0.3, -0.25) is 0 Å². The van der Waals surface area contributed by atoms with Gasteiger partial charge in [0.2, 0.25) is 0 Å². The molecule has 0 radical (unpaired) electrons. The van der Waals surface area contributed by atoms with Crippen LogP contribution in [0.5, 0.6) is 11.5 Å². The second-order valence-corrected chi connectivity index (χ2v) is 17.3. The molecule has 0 saturated carbocycles. The van der Waals surface area contributed by atoms with Crippen LogP contribution in [0.2, 0.25) is 10.0 Å². The van der Waals surface area contributed by atoms with Crippen LogP contribution in [0, 0.1) is 0 Å². The Balaban J connectivity index is 0.930. The molecule has 5 heteroatoms. The Hall–Kier alpha value is -7.56. The van der Waals surface area contributed by atoms with E-state index in [9.17, 15) is 0 Å². The summed E-state index contributed by atoms with van der Waals surface area (Å²) in [5.74, 6) is 1.70. The first-order valence-corrected chi connectivity index (χ1v) is 23.0. The maximum Gasteiger partial charge on any atom is 0.131 e. The van der Waals surface area contributed by atoms with Crippen molar-refractivity contribution in [3.8, 4) is 11.5 Å². The van der Waals surface area contributed by atoms with Gasteiger partial charge >= 0.3 is 0 Å². The van der Waals surface area contributed by atoms with Gasteiger partial charge in [0, 0.05) is 61.7 Å². The maximum absolute atomic E-state index is 6.64. The lowest BCUT2D eigenvalue weighted by molar-refractivity contribution is 0.460. The van der Waals surface area contributed by atoms with Gasteiger partial charge in [0.1, 0.15) is 11.5 Å². The molecular formula is C61H46Cl2N2O. The Labute approximate surface area is 397 Å². The smallest absolute Gasteiger partial charge is 0.131 e. The molecule has 8 aromatic rings. The number of ether oxygens (including phenoxy) is 1. The number of halogens is 2. The van der Waals surface area contributed by atoms with E-state index in [2.05, 4.69) is 210 Å². The van der Waals surface area contributed by atoms with Gasteiger partial charge in [-0.05, 0) is 143 Å². The Bertz CT molecular complexity index is 3160. The largest absolute Gasteiger partial charge is 0.457 e. The van der Waals surface area contributed by atoms with Crippen LogP contribution >= 0.6 is 23.2 Å². The molecule has 1 heterocycles. The maximum atomic E-state index is 6.64. The first-order valence-electron chi connectivity index (χ1n) is 22.3. The number of hydrogen-bond acceptors (Lipinski definition) is 3. The molecule has 8 aromatic carbocycles. The molecule has 0 amide bonds. The third kappa shape index (κ3) is 9.89. The van der Waals surface area contributed by atoms with Gasteiger partial charge in [-0.1, -0.05) is 169 Å². The fourth-order valence-electron chi connectivity index (χ4n) is 8.52. The van der Waals surface area contributed by atoms with Gasteiger partial charge in [-0.2, -0.15) is 0 Å². The number of benzene rings is 8. The molecule has 0 aromatic heterocycles. The molecule has 320 valence electrons. The molecule has 0 N–H and O–H groups in total. The van der Waals surface area contributed by atoms with Crippen molar-refractivity contribution in [2.75, 3.05) is 9.80 Å². The van der Waals surface area contributed by atoms with Crippen molar-refractivity contribution in [3.63, 3.8) is 0 Å². The summed E-state index contributed by atoms with van der Waals surface area (Å²) in [6.07, 6.45) is 22.5. The fourth-order valence-corrected chi connectivity index (χ4v) is 8.89. The van der Waals surface area contributed by atoms with Crippen LogP contribution in [-0.4, -0.2) is 0 Å². The van der Waals surface area contributed by atoms with E-state index in [-0.39, 0.29) is 0 Å². The third-order valence-corrected chi connectivity index (χ3v) is 12.4. The number of rotatable bonds is 12. The first kappa shape index (κ1) is 42.4. The van der Waals surface area contributed by atoms with Crippen molar-refractivity contribution < 1.29 is 4.74 Å². The van der Waals surface area contributed by atoms with Gasteiger partial charge in [0.05, 0.1) is 0 Å². The van der Waals surface area contributed by atoms with E-state index < -0.39 is 0 Å². The molecule has 10 rings (SSSR count). The van der Waals surface area contributed by atoms with Crippen molar-refractivity contribution in [1.29, 1.82) is 0 Å². The SMILES string of the molecule is Clc1cccc(N(c2ccc(/C=C/C3=CC=CCC3)cc2)c2ccc3c(c2)Cc2cc(N(c4ccc(/C=C/c5ccccc5/C=C/c5ccccc5)cc4)c4cccc(Cl)c4)ccc2O3)c1. The van der Waals surface area contributed by atoms with E-state index in [1.54, 1.807) is 0 Å². The number of anilines is 6. The van der Waals surface area contributed by atoms with Gasteiger partial charge in [0.15, 0.2) is 0 Å². The van der Waals surface area contributed by atoms with Crippen LogP contribution in [0.25, 0.3) is 30.4 Å². The average Bonchev–Trinajstić information content (AvgIpc) is 3.36. The highest BCUT2D eigenvalue weighted by Crippen LogP contribution is 2.45. The van der Waals surface area contributed by atoms with Crippen LogP contribution in [0.4, 0.5) is 34.1 Å². The van der Waals surface area contributed by atoms with Crippen LogP contribution in [0.15, 0.2) is 218 Å². The molecule has 1 aliphatic carbocycles. The summed E-state index contributed by atoms with van der Waals surface area (Å²) < 4.78 is 6.62. The minimum Gasteiger partial charge on any atom is -0.457 e. The van der Waals surface area contributed by atoms with Crippen LogP contribution < -0.4 is 14.5 Å². The van der Waals surface area contributed by atoms with Crippen LogP contribution in [0.3, 0.4) is 0 Å². The molecule has 3 nitrogen and oxygen atoms in total. The zero-order chi connectivity index (χ0) is 44.7. The van der Waals surface area contributed by atoms with Gasteiger partial charge in [-0.25, -0.2) is 0 Å². The van der Waals surface area contributed by atoms with E-state index in [0.717, 1.165) is 91.8 Å². The van der Waals surface area contributed by atoms with Crippen LogP contribution in [0.1, 0.15) is 51.8 Å². The van der Waals surface area contributed by atoms with Gasteiger partial charge in [-0.15, -0.1) is 0 Å². The van der Waals surface area contributed by atoms with E-state index >= 15 is 0 Å². The minimum atomic E-state index is 0.671. The molecule has 1 aliphatic heterocycles. The lowest BCUT2D eigenvalue weighted by atomic mass is 9.98. The fraction of sp³-hybridized carbons (Fsp3) is 0.0492. The molecule has 2 aliphatic rings. The Kier molecular flexibility index (Phi) is 12.6. The highest BCUT2D eigenvalue weighted by molar-refractivity contribution is 6.31. The summed E-state index contributed by atoms with van der Waals surface area (Å²) in [5.41, 5.74) is 15.3. The summed E-state index contributed by atoms with van der Waals surface area (Å²) >= 11 is 13.2. The molecule has 0 unspecified atom stereocenters. The van der Waals surface area contributed by atoms with Crippen molar-refractivity contribution in [2.24, 2.45) is 0 Å². The van der Waals surface area contributed by atoms with Gasteiger partial charge < -0.3 is 14.5 Å². The number of hydrogen-bond donors (Lipinski definition) is 0. The lowest BCUT2D eigenvalue weighted by Crippen LogP contribution is -2.13. The van der Waals surface area contributed by atoms with Crippen molar-refractivity contribution >= 4 is 87.7 Å². The van der Waals surface area contributed by atoms with Crippen molar-refractivity contribution in [3.05, 3.63) is 267 Å². The minimum absolute atomic E-state index is 0.671. The lowest BCUT2D eigenvalue weighted by Gasteiger charge is -2.29. The summed E-state index contributed by atoms with van der Waals surface area (Å²) in [4.78, 5) is 4.50. The second kappa shape index (κ2) is 19.7. The predicted octanol–water partition coefficient (Wildman–Crippen LogP) is 18.3. The summed E-state index contributed by atoms with van der Waals surface area (Å²) in [5, 5.41) is 1.35. The first-order chi connectivity index (χ1) is 32.5. The highest BCUT2D eigenvalue weighted by atomic mass is 35.5. The summed E-state index contributed by atoms with van der Waals surface area (Å²) in [6.45, 7) is 0.